The number of rotatable bonds is 5. The number of nitrogens with zero attached hydrogens (tertiary/aromatic N) is 1. The lowest BCUT2D eigenvalue weighted by molar-refractivity contribution is -0.128. The summed E-state index contributed by atoms with van der Waals surface area (Å²) in [6.45, 7) is 7.77. The van der Waals surface area contributed by atoms with E-state index in [0.717, 1.165) is 49.6 Å². The molecular formula is C19H25NO3. The highest BCUT2D eigenvalue weighted by atomic mass is 16.5. The second-order valence-electron chi connectivity index (χ2n) is 6.83. The largest absolute Gasteiger partial charge is 0.488 e. The van der Waals surface area contributed by atoms with Crippen molar-refractivity contribution in [3.05, 3.63) is 35.4 Å². The van der Waals surface area contributed by atoms with Gasteiger partial charge in [0.25, 0.3) is 5.91 Å². The molecule has 1 saturated heterocycles. The summed E-state index contributed by atoms with van der Waals surface area (Å²) in [7, 11) is 0. The van der Waals surface area contributed by atoms with Gasteiger partial charge < -0.3 is 14.4 Å². The fraction of sp³-hybridized carbons (Fsp3) is 0.526. The van der Waals surface area contributed by atoms with Gasteiger partial charge >= 0.3 is 0 Å². The highest BCUT2D eigenvalue weighted by Crippen LogP contribution is 2.27. The molecule has 1 atom stereocenters. The summed E-state index contributed by atoms with van der Waals surface area (Å²) in [6.07, 6.45) is 3.01. The first-order valence-corrected chi connectivity index (χ1v) is 8.43. The maximum absolute atomic E-state index is 13.0. The molecule has 1 aromatic carbocycles. The van der Waals surface area contributed by atoms with Crippen molar-refractivity contribution in [3.63, 3.8) is 0 Å². The molecule has 0 spiro atoms. The van der Waals surface area contributed by atoms with Crippen LogP contribution in [0.1, 0.15) is 25.8 Å². The van der Waals surface area contributed by atoms with Crippen molar-refractivity contribution in [2.75, 3.05) is 32.9 Å². The average Bonchev–Trinajstić information content (AvgIpc) is 3.06. The molecule has 0 radical (unpaired) electrons. The number of hydrogen-bond acceptors (Lipinski definition) is 3. The number of fused-ring (bicyclic) bond motifs is 1. The summed E-state index contributed by atoms with van der Waals surface area (Å²) in [5.41, 5.74) is 1.72. The molecule has 4 nitrogen and oxygen atoms in total. The van der Waals surface area contributed by atoms with Crippen LogP contribution in [0, 0.1) is 11.8 Å². The highest BCUT2D eigenvalue weighted by molar-refractivity contribution is 5.99. The minimum absolute atomic E-state index is 0.0973. The summed E-state index contributed by atoms with van der Waals surface area (Å²) < 4.78 is 11.2. The minimum atomic E-state index is 0.0973. The highest BCUT2D eigenvalue weighted by Gasteiger charge is 2.26. The number of hydrogen-bond donors (Lipinski definition) is 0. The summed E-state index contributed by atoms with van der Waals surface area (Å²) in [6, 6.07) is 7.84. The van der Waals surface area contributed by atoms with E-state index in [9.17, 15) is 4.79 Å². The van der Waals surface area contributed by atoms with E-state index in [1.54, 1.807) is 0 Å². The monoisotopic (exact) mass is 315 g/mol. The van der Waals surface area contributed by atoms with Gasteiger partial charge in [0.2, 0.25) is 0 Å². The predicted octanol–water partition coefficient (Wildman–Crippen LogP) is 2.98. The van der Waals surface area contributed by atoms with Crippen molar-refractivity contribution in [2.45, 2.75) is 20.3 Å². The molecule has 1 amide bonds. The van der Waals surface area contributed by atoms with Gasteiger partial charge in [-0.25, -0.2) is 0 Å². The molecule has 2 aliphatic rings. The van der Waals surface area contributed by atoms with Crippen LogP contribution in [0.3, 0.4) is 0 Å². The molecular weight excluding hydrogens is 290 g/mol. The summed E-state index contributed by atoms with van der Waals surface area (Å²) in [5, 5.41) is 0. The zero-order valence-corrected chi connectivity index (χ0v) is 14.0. The normalized spacial score (nSPS) is 20.0. The smallest absolute Gasteiger partial charge is 0.253 e. The van der Waals surface area contributed by atoms with Gasteiger partial charge in [-0.1, -0.05) is 32.0 Å². The molecule has 1 fully saturated rings. The van der Waals surface area contributed by atoms with Gasteiger partial charge in [0, 0.05) is 31.2 Å². The third kappa shape index (κ3) is 3.94. The Bertz CT molecular complexity index is 588. The summed E-state index contributed by atoms with van der Waals surface area (Å²) in [4.78, 5) is 14.9. The van der Waals surface area contributed by atoms with Crippen molar-refractivity contribution >= 4 is 12.0 Å². The first-order valence-electron chi connectivity index (χ1n) is 8.43. The number of para-hydroxylation sites is 1. The van der Waals surface area contributed by atoms with Crippen LogP contribution in [0.15, 0.2) is 29.8 Å². The molecule has 0 aromatic heterocycles. The molecule has 3 rings (SSSR count). The molecule has 2 heterocycles. The van der Waals surface area contributed by atoms with Gasteiger partial charge in [-0.15, -0.1) is 0 Å². The van der Waals surface area contributed by atoms with Crippen LogP contribution in [-0.4, -0.2) is 43.7 Å². The zero-order valence-electron chi connectivity index (χ0n) is 14.0. The van der Waals surface area contributed by atoms with E-state index in [1.165, 1.54) is 0 Å². The Balaban J connectivity index is 1.76. The molecule has 0 unspecified atom stereocenters. The van der Waals surface area contributed by atoms with Crippen LogP contribution in [0.25, 0.3) is 6.08 Å². The molecule has 0 bridgehead atoms. The quantitative estimate of drug-likeness (QED) is 0.838. The SMILES string of the molecule is CC(C)CN(C[C@H]1CCOC1)C(=O)C1=Cc2ccccc2OC1. The van der Waals surface area contributed by atoms with Crippen LogP contribution >= 0.6 is 0 Å². The lowest BCUT2D eigenvalue weighted by Crippen LogP contribution is -2.40. The topological polar surface area (TPSA) is 38.8 Å². The Morgan fingerprint density at radius 3 is 2.91 bits per heavy atom. The van der Waals surface area contributed by atoms with E-state index in [4.69, 9.17) is 9.47 Å². The maximum atomic E-state index is 13.0. The van der Waals surface area contributed by atoms with Crippen LogP contribution in [0.5, 0.6) is 5.75 Å². The lowest BCUT2D eigenvalue weighted by atomic mass is 10.0. The van der Waals surface area contributed by atoms with Crippen molar-refractivity contribution < 1.29 is 14.3 Å². The van der Waals surface area contributed by atoms with Crippen LogP contribution < -0.4 is 4.74 Å². The van der Waals surface area contributed by atoms with Crippen molar-refractivity contribution in [1.29, 1.82) is 0 Å². The van der Waals surface area contributed by atoms with Gasteiger partial charge in [-0.2, -0.15) is 0 Å². The third-order valence-corrected chi connectivity index (χ3v) is 4.28. The first kappa shape index (κ1) is 16.1. The average molecular weight is 315 g/mol. The fourth-order valence-electron chi connectivity index (χ4n) is 3.16. The van der Waals surface area contributed by atoms with E-state index in [1.807, 2.05) is 35.2 Å². The van der Waals surface area contributed by atoms with Gasteiger partial charge in [-0.3, -0.25) is 4.79 Å². The summed E-state index contributed by atoms with van der Waals surface area (Å²) in [5.74, 6) is 1.84. The van der Waals surface area contributed by atoms with Crippen LogP contribution in [0.4, 0.5) is 0 Å². The molecule has 0 N–H and O–H groups in total. The molecule has 0 aliphatic carbocycles. The number of amides is 1. The van der Waals surface area contributed by atoms with E-state index < -0.39 is 0 Å². The molecule has 0 saturated carbocycles. The standard InChI is InChI=1S/C19H25NO3/c1-14(2)10-20(11-15-7-8-22-12-15)19(21)17-9-16-5-3-4-6-18(16)23-13-17/h3-6,9,14-15H,7-8,10-13H2,1-2H3/t15-/m1/s1. The van der Waals surface area contributed by atoms with Gasteiger partial charge in [0.1, 0.15) is 12.4 Å². The van der Waals surface area contributed by atoms with Crippen LogP contribution in [-0.2, 0) is 9.53 Å². The van der Waals surface area contributed by atoms with Crippen molar-refractivity contribution in [1.82, 2.24) is 4.90 Å². The third-order valence-electron chi connectivity index (χ3n) is 4.28. The number of carbonyl (C=O) groups excluding carboxylic acids is 1. The van der Waals surface area contributed by atoms with Gasteiger partial charge in [0.15, 0.2) is 0 Å². The Kier molecular flexibility index (Phi) is 5.01. The van der Waals surface area contributed by atoms with Crippen LogP contribution in [0.2, 0.25) is 0 Å². The molecule has 124 valence electrons. The molecule has 23 heavy (non-hydrogen) atoms. The number of carbonyl (C=O) groups is 1. The van der Waals surface area contributed by atoms with Crippen molar-refractivity contribution in [3.8, 4) is 5.75 Å². The molecule has 4 heteroatoms. The Morgan fingerprint density at radius 1 is 1.35 bits per heavy atom. The molecule has 1 aromatic rings. The second-order valence-corrected chi connectivity index (χ2v) is 6.83. The number of ether oxygens (including phenoxy) is 2. The predicted molar refractivity (Wildman–Crippen MR) is 90.3 cm³/mol. The van der Waals surface area contributed by atoms with E-state index in [0.29, 0.717) is 18.4 Å². The van der Waals surface area contributed by atoms with E-state index >= 15 is 0 Å². The Morgan fingerprint density at radius 2 is 2.17 bits per heavy atom. The Labute approximate surface area is 138 Å². The zero-order chi connectivity index (χ0) is 16.2. The first-order chi connectivity index (χ1) is 11.1. The van der Waals surface area contributed by atoms with Gasteiger partial charge in [-0.05, 0) is 24.5 Å². The van der Waals surface area contributed by atoms with Crippen molar-refractivity contribution in [2.24, 2.45) is 11.8 Å². The maximum Gasteiger partial charge on any atom is 0.253 e. The fourth-order valence-corrected chi connectivity index (χ4v) is 3.16. The van der Waals surface area contributed by atoms with Gasteiger partial charge in [0.05, 0.1) is 12.2 Å². The lowest BCUT2D eigenvalue weighted by Gasteiger charge is -2.29. The van der Waals surface area contributed by atoms with E-state index in [-0.39, 0.29) is 5.91 Å². The second kappa shape index (κ2) is 7.18. The summed E-state index contributed by atoms with van der Waals surface area (Å²) >= 11 is 0. The number of benzene rings is 1. The Hall–Kier alpha value is -1.81. The minimum Gasteiger partial charge on any atom is -0.488 e. The molecule has 2 aliphatic heterocycles. The van der Waals surface area contributed by atoms with E-state index in [2.05, 4.69) is 13.8 Å².